The number of ketones is 1. The van der Waals surface area contributed by atoms with E-state index in [1.54, 1.807) is 0 Å². The topological polar surface area (TPSA) is 17.1 Å². The van der Waals surface area contributed by atoms with E-state index in [4.69, 9.17) is 6.42 Å². The van der Waals surface area contributed by atoms with Gasteiger partial charge in [0.2, 0.25) is 0 Å². The number of carbonyl (C=O) groups excluding carboxylic acids is 1. The predicted octanol–water partition coefficient (Wildman–Crippen LogP) is 4.85. The summed E-state index contributed by atoms with van der Waals surface area (Å²) in [6.07, 6.45) is 16.6. The molecule has 0 heterocycles. The highest BCUT2D eigenvalue weighted by Crippen LogP contribution is 2.67. The normalized spacial score (nSPS) is 54.0. The number of fused-ring (bicyclic) bond motifs is 5. The van der Waals surface area contributed by atoms with Gasteiger partial charge in [-0.25, -0.2) is 0 Å². The van der Waals surface area contributed by atoms with Crippen LogP contribution in [0.15, 0.2) is 0 Å². The summed E-state index contributed by atoms with van der Waals surface area (Å²) in [5.41, 5.74) is 0.843. The Balaban J connectivity index is 1.64. The van der Waals surface area contributed by atoms with Crippen molar-refractivity contribution in [3.8, 4) is 12.3 Å². The maximum atomic E-state index is 11.9. The van der Waals surface area contributed by atoms with E-state index in [1.165, 1.54) is 38.5 Å². The Bertz CT molecular complexity index is 529. The molecular formula is C21H30O. The van der Waals surface area contributed by atoms with E-state index in [0.29, 0.717) is 28.4 Å². The summed E-state index contributed by atoms with van der Waals surface area (Å²) in [6, 6.07) is 0. The SMILES string of the molecule is C#C[C@H]1CCC2C3CCC4CC(=O)CCC4(C)C3CCC21C. The molecular weight excluding hydrogens is 268 g/mol. The van der Waals surface area contributed by atoms with E-state index >= 15 is 0 Å². The standard InChI is InChI=1S/C21H30O/c1-4-14-6-8-18-17-7-5-15-13-16(22)9-11-21(15,3)19(17)10-12-20(14,18)2/h1,14-15,17-19H,5-13H2,2-3H3/t14-,15?,17?,18?,19?,20?,21?/m0/s1. The highest BCUT2D eigenvalue weighted by Gasteiger charge is 2.59. The molecule has 4 saturated carbocycles. The maximum absolute atomic E-state index is 11.9. The van der Waals surface area contributed by atoms with Crippen molar-refractivity contribution in [2.45, 2.75) is 71.6 Å². The van der Waals surface area contributed by atoms with Crippen LogP contribution in [0.3, 0.4) is 0 Å². The van der Waals surface area contributed by atoms with Crippen molar-refractivity contribution < 1.29 is 4.79 Å². The van der Waals surface area contributed by atoms with Crippen molar-refractivity contribution in [3.05, 3.63) is 0 Å². The second kappa shape index (κ2) is 4.86. The Hall–Kier alpha value is -0.770. The summed E-state index contributed by atoms with van der Waals surface area (Å²) in [5, 5.41) is 0. The van der Waals surface area contributed by atoms with Gasteiger partial charge >= 0.3 is 0 Å². The van der Waals surface area contributed by atoms with E-state index in [-0.39, 0.29) is 0 Å². The van der Waals surface area contributed by atoms with E-state index in [9.17, 15) is 4.79 Å². The first kappa shape index (κ1) is 14.8. The fraction of sp³-hybridized carbons (Fsp3) is 0.857. The lowest BCUT2D eigenvalue weighted by molar-refractivity contribution is -0.138. The van der Waals surface area contributed by atoms with Gasteiger partial charge in [-0.2, -0.15) is 0 Å². The molecule has 0 aliphatic heterocycles. The molecule has 6 unspecified atom stereocenters. The van der Waals surface area contributed by atoms with Crippen LogP contribution in [-0.2, 0) is 4.79 Å². The molecule has 0 radical (unpaired) electrons. The van der Waals surface area contributed by atoms with Crippen molar-refractivity contribution in [2.75, 3.05) is 0 Å². The average molecular weight is 298 g/mol. The summed E-state index contributed by atoms with van der Waals surface area (Å²) in [7, 11) is 0. The summed E-state index contributed by atoms with van der Waals surface area (Å²) in [6.45, 7) is 5.02. The Morgan fingerprint density at radius 3 is 2.55 bits per heavy atom. The number of rotatable bonds is 0. The molecule has 0 aromatic rings. The van der Waals surface area contributed by atoms with Crippen LogP contribution in [0, 0.1) is 52.8 Å². The Morgan fingerprint density at radius 1 is 1.00 bits per heavy atom. The summed E-state index contributed by atoms with van der Waals surface area (Å²) < 4.78 is 0. The molecule has 22 heavy (non-hydrogen) atoms. The van der Waals surface area contributed by atoms with Crippen LogP contribution in [0.2, 0.25) is 0 Å². The zero-order valence-corrected chi connectivity index (χ0v) is 14.2. The van der Waals surface area contributed by atoms with Gasteiger partial charge in [0.25, 0.3) is 0 Å². The smallest absolute Gasteiger partial charge is 0.133 e. The molecule has 1 heteroatoms. The van der Waals surface area contributed by atoms with E-state index < -0.39 is 0 Å². The third-order valence-corrected chi connectivity index (χ3v) is 8.68. The minimum absolute atomic E-state index is 0.406. The molecule has 7 atom stereocenters. The van der Waals surface area contributed by atoms with Crippen LogP contribution < -0.4 is 0 Å². The van der Waals surface area contributed by atoms with Crippen LogP contribution >= 0.6 is 0 Å². The second-order valence-corrected chi connectivity index (χ2v) is 9.24. The first-order valence-corrected chi connectivity index (χ1v) is 9.47. The molecule has 0 spiro atoms. The fourth-order valence-electron chi connectivity index (χ4n) is 7.32. The lowest BCUT2D eigenvalue weighted by Gasteiger charge is -2.60. The van der Waals surface area contributed by atoms with E-state index in [2.05, 4.69) is 19.8 Å². The third kappa shape index (κ3) is 1.82. The predicted molar refractivity (Wildman–Crippen MR) is 89.1 cm³/mol. The Kier molecular flexibility index (Phi) is 3.27. The number of carbonyl (C=O) groups is 1. The summed E-state index contributed by atoms with van der Waals surface area (Å²) in [4.78, 5) is 11.9. The molecule has 4 rings (SSSR count). The molecule has 4 aliphatic carbocycles. The van der Waals surface area contributed by atoms with Crippen molar-refractivity contribution in [1.29, 1.82) is 0 Å². The van der Waals surface area contributed by atoms with Crippen LogP contribution in [-0.4, -0.2) is 5.78 Å². The van der Waals surface area contributed by atoms with E-state index in [0.717, 1.165) is 37.0 Å². The first-order valence-electron chi connectivity index (χ1n) is 9.47. The summed E-state index contributed by atoms with van der Waals surface area (Å²) >= 11 is 0. The quantitative estimate of drug-likeness (QED) is 0.584. The molecule has 0 N–H and O–H groups in total. The van der Waals surface area contributed by atoms with Crippen LogP contribution in [0.25, 0.3) is 0 Å². The zero-order valence-electron chi connectivity index (χ0n) is 14.2. The minimum Gasteiger partial charge on any atom is -0.300 e. The number of hydrogen-bond donors (Lipinski definition) is 0. The highest BCUT2D eigenvalue weighted by atomic mass is 16.1. The van der Waals surface area contributed by atoms with Crippen molar-refractivity contribution in [2.24, 2.45) is 40.4 Å². The van der Waals surface area contributed by atoms with Crippen LogP contribution in [0.5, 0.6) is 0 Å². The number of hydrogen-bond acceptors (Lipinski definition) is 1. The van der Waals surface area contributed by atoms with E-state index in [1.807, 2.05) is 0 Å². The molecule has 0 aromatic carbocycles. The van der Waals surface area contributed by atoms with Crippen molar-refractivity contribution >= 4 is 5.78 Å². The van der Waals surface area contributed by atoms with Gasteiger partial charge in [0.1, 0.15) is 5.78 Å². The monoisotopic (exact) mass is 298 g/mol. The van der Waals surface area contributed by atoms with Crippen LogP contribution in [0.1, 0.15) is 71.6 Å². The molecule has 4 aliphatic rings. The largest absolute Gasteiger partial charge is 0.300 e. The van der Waals surface area contributed by atoms with Gasteiger partial charge in [0, 0.05) is 18.8 Å². The van der Waals surface area contributed by atoms with Gasteiger partial charge in [-0.05, 0) is 79.4 Å². The molecule has 0 saturated heterocycles. The molecule has 1 nitrogen and oxygen atoms in total. The van der Waals surface area contributed by atoms with Gasteiger partial charge < -0.3 is 0 Å². The number of terminal acetylenes is 1. The van der Waals surface area contributed by atoms with Crippen molar-refractivity contribution in [1.82, 2.24) is 0 Å². The van der Waals surface area contributed by atoms with Crippen molar-refractivity contribution in [3.63, 3.8) is 0 Å². The molecule has 0 amide bonds. The van der Waals surface area contributed by atoms with Gasteiger partial charge in [0.15, 0.2) is 0 Å². The third-order valence-electron chi connectivity index (χ3n) is 8.68. The molecule has 120 valence electrons. The first-order chi connectivity index (χ1) is 10.5. The van der Waals surface area contributed by atoms with Gasteiger partial charge in [-0.3, -0.25) is 4.79 Å². The highest BCUT2D eigenvalue weighted by molar-refractivity contribution is 5.79. The second-order valence-electron chi connectivity index (χ2n) is 9.24. The average Bonchev–Trinajstić information content (AvgIpc) is 2.84. The van der Waals surface area contributed by atoms with Crippen LogP contribution in [0.4, 0.5) is 0 Å². The van der Waals surface area contributed by atoms with Gasteiger partial charge in [-0.15, -0.1) is 12.3 Å². The minimum atomic E-state index is 0.406. The maximum Gasteiger partial charge on any atom is 0.133 e. The lowest BCUT2D eigenvalue weighted by Crippen LogP contribution is -2.53. The molecule has 4 fully saturated rings. The molecule has 0 aromatic heterocycles. The zero-order chi connectivity index (χ0) is 15.5. The lowest BCUT2D eigenvalue weighted by atomic mass is 9.45. The Morgan fingerprint density at radius 2 is 1.77 bits per heavy atom. The van der Waals surface area contributed by atoms with Gasteiger partial charge in [-0.1, -0.05) is 13.8 Å². The van der Waals surface area contributed by atoms with Gasteiger partial charge in [0.05, 0.1) is 0 Å². The summed E-state index contributed by atoms with van der Waals surface area (Å²) in [5.74, 6) is 7.42. The number of Topliss-reactive ketones (excluding diaryl/α,β-unsaturated/α-hetero) is 1. The fourth-order valence-corrected chi connectivity index (χ4v) is 7.32. The molecule has 0 bridgehead atoms. The Labute approximate surface area is 135 Å².